The van der Waals surface area contributed by atoms with Crippen LogP contribution in [0.1, 0.15) is 20.3 Å². The molecule has 0 radical (unpaired) electrons. The molecule has 2 rings (SSSR count). The molecule has 1 N–H and O–H groups in total. The Morgan fingerprint density at radius 3 is 2.84 bits per heavy atom. The predicted octanol–water partition coefficient (Wildman–Crippen LogP) is 3.33. The Labute approximate surface area is 114 Å². The van der Waals surface area contributed by atoms with Crippen LogP contribution < -0.4 is 5.32 Å². The van der Waals surface area contributed by atoms with E-state index in [2.05, 4.69) is 15.5 Å². The smallest absolute Gasteiger partial charge is 0.229 e. The van der Waals surface area contributed by atoms with Crippen LogP contribution in [0.5, 0.6) is 0 Å². The molecule has 100 valence electrons. The molecule has 0 aliphatic heterocycles. The van der Waals surface area contributed by atoms with Gasteiger partial charge in [0.2, 0.25) is 11.0 Å². The number of aromatic nitrogens is 2. The van der Waals surface area contributed by atoms with Gasteiger partial charge in [0.15, 0.2) is 5.01 Å². The molecule has 4 nitrogen and oxygen atoms in total. The van der Waals surface area contributed by atoms with Crippen molar-refractivity contribution in [1.82, 2.24) is 10.2 Å². The quantitative estimate of drug-likeness (QED) is 0.934. The third-order valence-corrected chi connectivity index (χ3v) is 3.69. The highest BCUT2D eigenvalue weighted by atomic mass is 32.1. The average molecular weight is 279 g/mol. The Kier molecular flexibility index (Phi) is 4.21. The molecule has 1 aromatic carbocycles. The molecule has 0 fully saturated rings. The van der Waals surface area contributed by atoms with Crippen LogP contribution in [0.25, 0.3) is 10.6 Å². The van der Waals surface area contributed by atoms with E-state index in [1.807, 2.05) is 13.8 Å². The first-order chi connectivity index (χ1) is 9.11. The summed E-state index contributed by atoms with van der Waals surface area (Å²) in [6.45, 7) is 3.78. The number of carbonyl (C=O) groups is 1. The van der Waals surface area contributed by atoms with Crippen molar-refractivity contribution in [2.24, 2.45) is 5.92 Å². The first-order valence-corrected chi connectivity index (χ1v) is 6.82. The van der Waals surface area contributed by atoms with Crippen molar-refractivity contribution < 1.29 is 9.18 Å². The zero-order valence-electron chi connectivity index (χ0n) is 10.7. The summed E-state index contributed by atoms with van der Waals surface area (Å²) < 4.78 is 13.6. The summed E-state index contributed by atoms with van der Waals surface area (Å²) in [4.78, 5) is 11.7. The van der Waals surface area contributed by atoms with Gasteiger partial charge in [-0.2, -0.15) is 0 Å². The highest BCUT2D eigenvalue weighted by Gasteiger charge is 2.15. The van der Waals surface area contributed by atoms with Gasteiger partial charge in [-0.3, -0.25) is 4.79 Å². The van der Waals surface area contributed by atoms with Gasteiger partial charge >= 0.3 is 0 Å². The molecule has 0 spiro atoms. The van der Waals surface area contributed by atoms with Crippen LogP contribution >= 0.6 is 11.3 Å². The minimum Gasteiger partial charge on any atom is -0.300 e. The van der Waals surface area contributed by atoms with Crippen LogP contribution in [-0.2, 0) is 4.79 Å². The molecule has 6 heteroatoms. The lowest BCUT2D eigenvalue weighted by atomic mass is 10.1. The number of benzene rings is 1. The second-order valence-electron chi connectivity index (χ2n) is 4.19. The second-order valence-corrected chi connectivity index (χ2v) is 5.17. The van der Waals surface area contributed by atoms with Gasteiger partial charge in [-0.1, -0.05) is 37.3 Å². The van der Waals surface area contributed by atoms with Crippen LogP contribution in [0, 0.1) is 11.7 Å². The van der Waals surface area contributed by atoms with E-state index in [0.29, 0.717) is 15.7 Å². The third-order valence-electron chi connectivity index (χ3n) is 2.82. The van der Waals surface area contributed by atoms with Crippen molar-refractivity contribution in [1.29, 1.82) is 0 Å². The number of anilines is 1. The van der Waals surface area contributed by atoms with Gasteiger partial charge in [-0.05, 0) is 18.6 Å². The largest absolute Gasteiger partial charge is 0.300 e. The van der Waals surface area contributed by atoms with Gasteiger partial charge in [0.25, 0.3) is 0 Å². The van der Waals surface area contributed by atoms with Crippen LogP contribution in [0.4, 0.5) is 9.52 Å². The van der Waals surface area contributed by atoms with E-state index in [-0.39, 0.29) is 17.6 Å². The molecule has 2 aromatic rings. The molecule has 0 saturated heterocycles. The molecule has 0 saturated carbocycles. The summed E-state index contributed by atoms with van der Waals surface area (Å²) in [6, 6.07) is 6.35. The highest BCUT2D eigenvalue weighted by molar-refractivity contribution is 7.18. The fraction of sp³-hybridized carbons (Fsp3) is 0.308. The van der Waals surface area contributed by atoms with Crippen molar-refractivity contribution in [2.45, 2.75) is 20.3 Å². The molecule has 1 amide bonds. The zero-order chi connectivity index (χ0) is 13.8. The van der Waals surface area contributed by atoms with Gasteiger partial charge in [-0.15, -0.1) is 10.2 Å². The monoisotopic (exact) mass is 279 g/mol. The lowest BCUT2D eigenvalue weighted by Gasteiger charge is -2.06. The average Bonchev–Trinajstić information content (AvgIpc) is 2.86. The molecule has 0 bridgehead atoms. The Bertz CT molecular complexity index is 585. The van der Waals surface area contributed by atoms with Gasteiger partial charge < -0.3 is 5.32 Å². The number of halogens is 1. The van der Waals surface area contributed by atoms with Crippen molar-refractivity contribution in [3.8, 4) is 10.6 Å². The van der Waals surface area contributed by atoms with Crippen LogP contribution in [-0.4, -0.2) is 16.1 Å². The molecule has 0 aliphatic carbocycles. The standard InChI is InChI=1S/C13H14FN3OS/c1-3-8(2)11(18)15-13-17-16-12(19-13)9-6-4-5-7-10(9)14/h4-8H,3H2,1-2H3,(H,15,17,18). The van der Waals surface area contributed by atoms with Gasteiger partial charge in [0, 0.05) is 11.5 Å². The van der Waals surface area contributed by atoms with Crippen molar-refractivity contribution in [2.75, 3.05) is 5.32 Å². The Morgan fingerprint density at radius 1 is 1.42 bits per heavy atom. The molecule has 0 aliphatic rings. The summed E-state index contributed by atoms with van der Waals surface area (Å²) >= 11 is 1.16. The summed E-state index contributed by atoms with van der Waals surface area (Å²) in [5.41, 5.74) is 0.393. The number of nitrogens with one attached hydrogen (secondary N) is 1. The maximum atomic E-state index is 13.6. The van der Waals surface area contributed by atoms with Crippen molar-refractivity contribution in [3.05, 3.63) is 30.1 Å². The Hall–Kier alpha value is -1.82. The topological polar surface area (TPSA) is 54.9 Å². The molecule has 1 atom stereocenters. The number of amides is 1. The highest BCUT2D eigenvalue weighted by Crippen LogP contribution is 2.28. The van der Waals surface area contributed by atoms with Crippen LogP contribution in [0.2, 0.25) is 0 Å². The molecule has 1 unspecified atom stereocenters. The minimum atomic E-state index is -0.349. The van der Waals surface area contributed by atoms with Gasteiger partial charge in [-0.25, -0.2) is 4.39 Å². The summed E-state index contributed by atoms with van der Waals surface area (Å²) in [7, 11) is 0. The maximum absolute atomic E-state index is 13.6. The maximum Gasteiger partial charge on any atom is 0.229 e. The van der Waals surface area contributed by atoms with E-state index in [0.717, 1.165) is 17.8 Å². The molecule has 1 heterocycles. The first kappa shape index (κ1) is 13.6. The van der Waals surface area contributed by atoms with E-state index in [1.54, 1.807) is 18.2 Å². The molecular formula is C13H14FN3OS. The number of rotatable bonds is 4. The van der Waals surface area contributed by atoms with Crippen LogP contribution in [0.3, 0.4) is 0 Å². The number of hydrogen-bond donors (Lipinski definition) is 1. The fourth-order valence-electron chi connectivity index (χ4n) is 1.43. The van der Waals surface area contributed by atoms with Crippen LogP contribution in [0.15, 0.2) is 24.3 Å². The minimum absolute atomic E-state index is 0.0826. The van der Waals surface area contributed by atoms with Crippen molar-refractivity contribution >= 4 is 22.4 Å². The number of nitrogens with zero attached hydrogens (tertiary/aromatic N) is 2. The lowest BCUT2D eigenvalue weighted by Crippen LogP contribution is -2.19. The molecule has 19 heavy (non-hydrogen) atoms. The zero-order valence-corrected chi connectivity index (χ0v) is 11.5. The second kappa shape index (κ2) is 5.88. The molecule has 1 aromatic heterocycles. The third kappa shape index (κ3) is 3.14. The number of hydrogen-bond acceptors (Lipinski definition) is 4. The van der Waals surface area contributed by atoms with E-state index >= 15 is 0 Å². The van der Waals surface area contributed by atoms with Gasteiger partial charge in [0.05, 0.1) is 0 Å². The fourth-order valence-corrected chi connectivity index (χ4v) is 2.20. The van der Waals surface area contributed by atoms with Crippen molar-refractivity contribution in [3.63, 3.8) is 0 Å². The van der Waals surface area contributed by atoms with E-state index in [9.17, 15) is 9.18 Å². The first-order valence-electron chi connectivity index (χ1n) is 6.01. The van der Waals surface area contributed by atoms with Gasteiger partial charge in [0.1, 0.15) is 5.82 Å². The predicted molar refractivity (Wildman–Crippen MR) is 73.4 cm³/mol. The SMILES string of the molecule is CCC(C)C(=O)Nc1nnc(-c2ccccc2F)s1. The normalized spacial score (nSPS) is 12.2. The Morgan fingerprint density at radius 2 is 2.16 bits per heavy atom. The van der Waals surface area contributed by atoms with E-state index in [1.165, 1.54) is 6.07 Å². The number of carbonyl (C=O) groups excluding carboxylic acids is 1. The lowest BCUT2D eigenvalue weighted by molar-refractivity contribution is -0.119. The molecular weight excluding hydrogens is 265 g/mol. The summed E-state index contributed by atoms with van der Waals surface area (Å²) in [5.74, 6) is -0.530. The summed E-state index contributed by atoms with van der Waals surface area (Å²) in [5, 5.41) is 11.3. The van der Waals surface area contributed by atoms with E-state index in [4.69, 9.17) is 0 Å². The summed E-state index contributed by atoms with van der Waals surface area (Å²) in [6.07, 6.45) is 0.755. The Balaban J connectivity index is 2.16. The van der Waals surface area contributed by atoms with E-state index < -0.39 is 0 Å².